The molecule has 0 N–H and O–H groups in total. The van der Waals surface area contributed by atoms with Crippen molar-refractivity contribution in [2.45, 2.75) is 32.6 Å². The summed E-state index contributed by atoms with van der Waals surface area (Å²) in [6.07, 6.45) is 0. The van der Waals surface area contributed by atoms with Crippen LogP contribution in [0.2, 0.25) is 0 Å². The molecule has 1 nitrogen and oxygen atoms in total. The maximum Gasteiger partial charge on any atom is 0.123 e. The highest BCUT2D eigenvalue weighted by Crippen LogP contribution is 2.22. The van der Waals surface area contributed by atoms with Crippen molar-refractivity contribution in [2.75, 3.05) is 6.61 Å². The highest BCUT2D eigenvalue weighted by atomic mass is 19.1. The maximum atomic E-state index is 13.2. The topological polar surface area (TPSA) is 9.23 Å². The molecule has 1 atom stereocenters. The number of hydrogen-bond acceptors (Lipinski definition) is 1. The Hall–Kier alpha value is -1.83. The van der Waals surface area contributed by atoms with Crippen LogP contribution in [0.15, 0.2) is 48.5 Å². The Morgan fingerprint density at radius 1 is 0.950 bits per heavy atom. The Bertz CT molecular complexity index is 563. The van der Waals surface area contributed by atoms with Gasteiger partial charge in [0.05, 0.1) is 6.61 Å². The van der Waals surface area contributed by atoms with Crippen molar-refractivity contribution in [2.24, 2.45) is 0 Å². The summed E-state index contributed by atoms with van der Waals surface area (Å²) < 4.78 is 19.0. The molecule has 0 amide bonds. The van der Waals surface area contributed by atoms with E-state index in [4.69, 9.17) is 4.74 Å². The summed E-state index contributed by atoms with van der Waals surface area (Å²) in [5, 5.41) is 0. The minimum atomic E-state index is -0.198. The molecule has 2 heteroatoms. The van der Waals surface area contributed by atoms with Crippen LogP contribution in [-0.2, 0) is 0 Å². The van der Waals surface area contributed by atoms with Crippen LogP contribution >= 0.6 is 0 Å². The molecule has 0 bridgehead atoms. The Kier molecular flexibility index (Phi) is 4.78. The molecule has 0 unspecified atom stereocenters. The van der Waals surface area contributed by atoms with Crippen molar-refractivity contribution in [3.05, 3.63) is 65.5 Å². The monoisotopic (exact) mass is 272 g/mol. The van der Waals surface area contributed by atoms with E-state index in [0.29, 0.717) is 12.5 Å². The lowest BCUT2D eigenvalue weighted by Gasteiger charge is -2.15. The summed E-state index contributed by atoms with van der Waals surface area (Å²) >= 11 is 0. The second kappa shape index (κ2) is 6.56. The fraction of sp³-hybridized carbons (Fsp3) is 0.333. The van der Waals surface area contributed by atoms with Gasteiger partial charge in [-0.1, -0.05) is 45.0 Å². The van der Waals surface area contributed by atoms with Gasteiger partial charge in [0.1, 0.15) is 11.6 Å². The molecule has 0 fully saturated rings. The van der Waals surface area contributed by atoms with E-state index >= 15 is 0 Å². The zero-order valence-corrected chi connectivity index (χ0v) is 12.3. The fourth-order valence-electron chi connectivity index (χ4n) is 2.09. The molecule has 20 heavy (non-hydrogen) atoms. The van der Waals surface area contributed by atoms with Crippen molar-refractivity contribution in [1.82, 2.24) is 0 Å². The molecule has 2 rings (SSSR count). The second-order valence-corrected chi connectivity index (χ2v) is 5.49. The standard InChI is InChI=1S/C18H21FO/c1-13(2)15-6-5-9-18(11-15)20-12-14(3)16-7-4-8-17(19)10-16/h4-11,13-14H,12H2,1-3H3/t14-/m0/s1. The van der Waals surface area contributed by atoms with Crippen LogP contribution < -0.4 is 4.74 Å². The molecule has 0 aliphatic rings. The first-order valence-electron chi connectivity index (χ1n) is 7.04. The van der Waals surface area contributed by atoms with Gasteiger partial charge in [-0.05, 0) is 41.3 Å². The van der Waals surface area contributed by atoms with Crippen molar-refractivity contribution >= 4 is 0 Å². The SMILES string of the molecule is CC(C)c1cccc(OC[C@H](C)c2cccc(F)c2)c1. The molecule has 0 aliphatic heterocycles. The minimum absolute atomic E-state index is 0.161. The zero-order valence-electron chi connectivity index (χ0n) is 12.3. The van der Waals surface area contributed by atoms with Crippen LogP contribution in [0.5, 0.6) is 5.75 Å². The Balaban J connectivity index is 1.99. The van der Waals surface area contributed by atoms with E-state index in [2.05, 4.69) is 26.0 Å². The predicted octanol–water partition coefficient (Wildman–Crippen LogP) is 5.13. The van der Waals surface area contributed by atoms with E-state index < -0.39 is 0 Å². The van der Waals surface area contributed by atoms with Gasteiger partial charge in [-0.3, -0.25) is 0 Å². The lowest BCUT2D eigenvalue weighted by Crippen LogP contribution is -2.07. The number of hydrogen-bond donors (Lipinski definition) is 0. The molecule has 0 saturated carbocycles. The largest absolute Gasteiger partial charge is 0.493 e. The van der Waals surface area contributed by atoms with Gasteiger partial charge in [-0.25, -0.2) is 4.39 Å². The molecule has 0 aliphatic carbocycles. The Morgan fingerprint density at radius 2 is 1.65 bits per heavy atom. The highest BCUT2D eigenvalue weighted by molar-refractivity contribution is 5.30. The highest BCUT2D eigenvalue weighted by Gasteiger charge is 2.08. The van der Waals surface area contributed by atoms with Crippen molar-refractivity contribution in [3.63, 3.8) is 0 Å². The van der Waals surface area contributed by atoms with Gasteiger partial charge >= 0.3 is 0 Å². The maximum absolute atomic E-state index is 13.2. The summed E-state index contributed by atoms with van der Waals surface area (Å²) in [4.78, 5) is 0. The lowest BCUT2D eigenvalue weighted by molar-refractivity contribution is 0.295. The van der Waals surface area contributed by atoms with Gasteiger partial charge in [-0.2, -0.15) is 0 Å². The molecular weight excluding hydrogens is 251 g/mol. The molecule has 2 aromatic carbocycles. The van der Waals surface area contributed by atoms with Crippen LogP contribution in [-0.4, -0.2) is 6.61 Å². The zero-order chi connectivity index (χ0) is 14.5. The first kappa shape index (κ1) is 14.6. The predicted molar refractivity (Wildman–Crippen MR) is 80.8 cm³/mol. The summed E-state index contributed by atoms with van der Waals surface area (Å²) in [6.45, 7) is 6.91. The average molecular weight is 272 g/mol. The van der Waals surface area contributed by atoms with Crippen LogP contribution in [0.25, 0.3) is 0 Å². The third-order valence-electron chi connectivity index (χ3n) is 3.44. The smallest absolute Gasteiger partial charge is 0.123 e. The van der Waals surface area contributed by atoms with Crippen molar-refractivity contribution in [3.8, 4) is 5.75 Å². The average Bonchev–Trinajstić information content (AvgIpc) is 2.45. The van der Waals surface area contributed by atoms with Crippen LogP contribution in [0.1, 0.15) is 43.7 Å². The Morgan fingerprint density at radius 3 is 2.35 bits per heavy atom. The first-order chi connectivity index (χ1) is 9.56. The lowest BCUT2D eigenvalue weighted by atomic mass is 10.0. The molecule has 0 aromatic heterocycles. The minimum Gasteiger partial charge on any atom is -0.493 e. The van der Waals surface area contributed by atoms with E-state index in [1.54, 1.807) is 12.1 Å². The number of halogens is 1. The number of ether oxygens (including phenoxy) is 1. The van der Waals surface area contributed by atoms with Crippen molar-refractivity contribution in [1.29, 1.82) is 0 Å². The van der Waals surface area contributed by atoms with E-state index in [1.165, 1.54) is 11.6 Å². The molecule has 0 heterocycles. The summed E-state index contributed by atoms with van der Waals surface area (Å²) in [5.41, 5.74) is 2.23. The van der Waals surface area contributed by atoms with Crippen molar-refractivity contribution < 1.29 is 9.13 Å². The molecular formula is C18H21FO. The van der Waals surface area contributed by atoms with E-state index in [1.807, 2.05) is 25.1 Å². The van der Waals surface area contributed by atoms with Crippen LogP contribution in [0.4, 0.5) is 4.39 Å². The third-order valence-corrected chi connectivity index (χ3v) is 3.44. The molecule has 0 spiro atoms. The Labute approximate surface area is 120 Å². The van der Waals surface area contributed by atoms with Gasteiger partial charge in [-0.15, -0.1) is 0 Å². The van der Waals surface area contributed by atoms with E-state index in [0.717, 1.165) is 11.3 Å². The van der Waals surface area contributed by atoms with Crippen LogP contribution in [0.3, 0.4) is 0 Å². The summed E-state index contributed by atoms with van der Waals surface area (Å²) in [5.74, 6) is 1.32. The first-order valence-corrected chi connectivity index (χ1v) is 7.04. The summed E-state index contributed by atoms with van der Waals surface area (Å²) in [7, 11) is 0. The normalized spacial score (nSPS) is 12.4. The third kappa shape index (κ3) is 3.83. The second-order valence-electron chi connectivity index (χ2n) is 5.49. The molecule has 0 radical (unpaired) electrons. The molecule has 0 saturated heterocycles. The molecule has 106 valence electrons. The number of rotatable bonds is 5. The number of benzene rings is 2. The van der Waals surface area contributed by atoms with Gasteiger partial charge in [0.15, 0.2) is 0 Å². The van der Waals surface area contributed by atoms with E-state index in [9.17, 15) is 4.39 Å². The van der Waals surface area contributed by atoms with E-state index in [-0.39, 0.29) is 11.7 Å². The fourth-order valence-corrected chi connectivity index (χ4v) is 2.09. The van der Waals surface area contributed by atoms with Gasteiger partial charge in [0.25, 0.3) is 0 Å². The van der Waals surface area contributed by atoms with Crippen LogP contribution in [0, 0.1) is 5.82 Å². The van der Waals surface area contributed by atoms with Gasteiger partial charge < -0.3 is 4.74 Å². The summed E-state index contributed by atoms with van der Waals surface area (Å²) in [6, 6.07) is 14.8. The molecule has 2 aromatic rings. The van der Waals surface area contributed by atoms with Gasteiger partial charge in [0, 0.05) is 5.92 Å². The van der Waals surface area contributed by atoms with Gasteiger partial charge in [0.2, 0.25) is 0 Å². The quantitative estimate of drug-likeness (QED) is 0.733.